The van der Waals surface area contributed by atoms with Crippen LogP contribution in [0.5, 0.6) is 5.75 Å². The zero-order valence-electron chi connectivity index (χ0n) is 14.1. The summed E-state index contributed by atoms with van der Waals surface area (Å²) in [6.07, 6.45) is 1.63. The largest absolute Gasteiger partial charge is 0.497 e. The lowest BCUT2D eigenvalue weighted by atomic mass is 9.96. The van der Waals surface area contributed by atoms with E-state index < -0.39 is 0 Å². The summed E-state index contributed by atoms with van der Waals surface area (Å²) in [4.78, 5) is 0. The van der Waals surface area contributed by atoms with Crippen molar-refractivity contribution in [3.05, 3.63) is 64.7 Å². The third kappa shape index (κ3) is 3.67. The molecule has 2 heterocycles. The summed E-state index contributed by atoms with van der Waals surface area (Å²) in [5.41, 5.74) is 2.15. The second kappa shape index (κ2) is 7.34. The second-order valence-electron chi connectivity index (χ2n) is 6.41. The maximum atomic E-state index is 6.22. The molecule has 2 fully saturated rings. The van der Waals surface area contributed by atoms with Gasteiger partial charge in [-0.25, -0.2) is 0 Å². The zero-order chi connectivity index (χ0) is 17.2. The van der Waals surface area contributed by atoms with Crippen LogP contribution in [0.15, 0.2) is 48.5 Å². The van der Waals surface area contributed by atoms with Crippen LogP contribution in [-0.4, -0.2) is 25.9 Å². The number of rotatable bonds is 3. The number of methoxy groups -OCH3 is 1. The van der Waals surface area contributed by atoms with E-state index in [-0.39, 0.29) is 24.6 Å². The highest BCUT2D eigenvalue weighted by molar-refractivity contribution is 6.30. The molecule has 2 aliphatic rings. The SMILES string of the molecule is COc1ccc([C@@H]2OC[C@H]3O[C@@H](c4ccc(Cl)cc4)CC[C@@H]3O2)cc1. The van der Waals surface area contributed by atoms with E-state index in [4.69, 9.17) is 30.5 Å². The molecule has 0 unspecified atom stereocenters. The summed E-state index contributed by atoms with van der Waals surface area (Å²) in [7, 11) is 1.66. The van der Waals surface area contributed by atoms with Gasteiger partial charge in [0.2, 0.25) is 0 Å². The van der Waals surface area contributed by atoms with Crippen LogP contribution in [-0.2, 0) is 14.2 Å². The number of hydrogen-bond acceptors (Lipinski definition) is 4. The van der Waals surface area contributed by atoms with Crippen molar-refractivity contribution in [2.75, 3.05) is 13.7 Å². The summed E-state index contributed by atoms with van der Waals surface area (Å²) >= 11 is 5.97. The molecule has 0 N–H and O–H groups in total. The molecular formula is C20H21ClO4. The fourth-order valence-electron chi connectivity index (χ4n) is 3.41. The lowest BCUT2D eigenvalue weighted by Gasteiger charge is -2.42. The van der Waals surface area contributed by atoms with Gasteiger partial charge in [0.1, 0.15) is 11.9 Å². The first-order valence-corrected chi connectivity index (χ1v) is 8.92. The highest BCUT2D eigenvalue weighted by atomic mass is 35.5. The third-order valence-electron chi connectivity index (χ3n) is 4.81. The summed E-state index contributed by atoms with van der Waals surface area (Å²) in [6.45, 7) is 0.533. The minimum absolute atomic E-state index is 0.0380. The molecule has 0 bridgehead atoms. The molecule has 0 saturated carbocycles. The molecule has 2 aliphatic heterocycles. The highest BCUT2D eigenvalue weighted by Gasteiger charge is 2.38. The molecule has 2 aromatic rings. The van der Waals surface area contributed by atoms with E-state index in [0.717, 1.165) is 34.7 Å². The van der Waals surface area contributed by atoms with Gasteiger partial charge in [-0.2, -0.15) is 0 Å². The van der Waals surface area contributed by atoms with E-state index >= 15 is 0 Å². The van der Waals surface area contributed by atoms with Crippen LogP contribution in [0.2, 0.25) is 5.02 Å². The van der Waals surface area contributed by atoms with Crippen LogP contribution >= 0.6 is 11.6 Å². The zero-order valence-corrected chi connectivity index (χ0v) is 14.8. The minimum Gasteiger partial charge on any atom is -0.497 e. The molecule has 5 heteroatoms. The first-order valence-electron chi connectivity index (χ1n) is 8.55. The molecule has 132 valence electrons. The Morgan fingerprint density at radius 3 is 2.32 bits per heavy atom. The Kier molecular flexibility index (Phi) is 4.95. The van der Waals surface area contributed by atoms with E-state index in [2.05, 4.69) is 0 Å². The topological polar surface area (TPSA) is 36.9 Å². The van der Waals surface area contributed by atoms with E-state index in [1.54, 1.807) is 7.11 Å². The van der Waals surface area contributed by atoms with Crippen LogP contribution in [0.4, 0.5) is 0 Å². The van der Waals surface area contributed by atoms with Crippen LogP contribution in [0.1, 0.15) is 36.4 Å². The number of fused-ring (bicyclic) bond motifs is 1. The maximum absolute atomic E-state index is 6.22. The standard InChI is InChI=1S/C20H21ClO4/c1-22-16-8-4-14(5-9-16)20-23-12-19-18(25-20)11-10-17(24-19)13-2-6-15(21)7-3-13/h2-9,17-20H,10-12H2,1H3/t17-,18+,19-,20-/m1/s1. The Morgan fingerprint density at radius 1 is 0.880 bits per heavy atom. The summed E-state index contributed by atoms with van der Waals surface area (Å²) in [5, 5.41) is 0.740. The van der Waals surface area contributed by atoms with Crippen molar-refractivity contribution in [2.24, 2.45) is 0 Å². The lowest BCUT2D eigenvalue weighted by molar-refractivity contribution is -0.289. The Morgan fingerprint density at radius 2 is 1.60 bits per heavy atom. The van der Waals surface area contributed by atoms with Crippen LogP contribution in [0.25, 0.3) is 0 Å². The fraction of sp³-hybridized carbons (Fsp3) is 0.400. The number of benzene rings is 2. The normalized spacial score (nSPS) is 29.0. The highest BCUT2D eigenvalue weighted by Crippen LogP contribution is 2.38. The minimum atomic E-state index is -0.345. The van der Waals surface area contributed by atoms with Crippen molar-refractivity contribution in [1.29, 1.82) is 0 Å². The maximum Gasteiger partial charge on any atom is 0.184 e. The quantitative estimate of drug-likeness (QED) is 0.796. The van der Waals surface area contributed by atoms with Gasteiger partial charge >= 0.3 is 0 Å². The van der Waals surface area contributed by atoms with Crippen molar-refractivity contribution in [2.45, 2.75) is 37.4 Å². The molecule has 0 aliphatic carbocycles. The van der Waals surface area contributed by atoms with Gasteiger partial charge in [0.25, 0.3) is 0 Å². The van der Waals surface area contributed by atoms with Crippen molar-refractivity contribution in [1.82, 2.24) is 0 Å². The third-order valence-corrected chi connectivity index (χ3v) is 5.06. The first-order chi connectivity index (χ1) is 12.2. The average molecular weight is 361 g/mol. The molecule has 2 aromatic carbocycles. The average Bonchev–Trinajstić information content (AvgIpc) is 2.68. The van der Waals surface area contributed by atoms with E-state index in [0.29, 0.717) is 6.61 Å². The summed E-state index contributed by atoms with van der Waals surface area (Å²) < 4.78 is 23.5. The lowest BCUT2D eigenvalue weighted by Crippen LogP contribution is -2.45. The molecule has 25 heavy (non-hydrogen) atoms. The van der Waals surface area contributed by atoms with Crippen LogP contribution in [0, 0.1) is 0 Å². The van der Waals surface area contributed by atoms with Crippen molar-refractivity contribution >= 4 is 11.6 Å². The van der Waals surface area contributed by atoms with E-state index in [1.807, 2.05) is 48.5 Å². The van der Waals surface area contributed by atoms with E-state index in [1.165, 1.54) is 0 Å². The van der Waals surface area contributed by atoms with Gasteiger partial charge in [0.05, 0.1) is 25.9 Å². The van der Waals surface area contributed by atoms with Gasteiger partial charge in [0.15, 0.2) is 6.29 Å². The summed E-state index contributed by atoms with van der Waals surface area (Å²) in [5.74, 6) is 0.823. The molecular weight excluding hydrogens is 340 g/mol. The molecule has 4 nitrogen and oxygen atoms in total. The molecule has 4 rings (SSSR count). The van der Waals surface area contributed by atoms with Crippen molar-refractivity contribution in [3.63, 3.8) is 0 Å². The van der Waals surface area contributed by atoms with Gasteiger partial charge < -0.3 is 18.9 Å². The Bertz CT molecular complexity index is 701. The second-order valence-corrected chi connectivity index (χ2v) is 6.84. The van der Waals surface area contributed by atoms with Gasteiger partial charge in [-0.15, -0.1) is 0 Å². The van der Waals surface area contributed by atoms with Crippen molar-refractivity contribution in [3.8, 4) is 5.75 Å². The Hall–Kier alpha value is -1.59. The van der Waals surface area contributed by atoms with E-state index in [9.17, 15) is 0 Å². The summed E-state index contributed by atoms with van der Waals surface area (Å²) in [6, 6.07) is 15.6. The van der Waals surface area contributed by atoms with Gasteiger partial charge in [-0.1, -0.05) is 35.9 Å². The molecule has 0 amide bonds. The number of hydrogen-bond donors (Lipinski definition) is 0. The van der Waals surface area contributed by atoms with Crippen molar-refractivity contribution < 1.29 is 18.9 Å². The Labute approximate surface area is 152 Å². The molecule has 0 spiro atoms. The first kappa shape index (κ1) is 16.9. The molecule has 2 saturated heterocycles. The predicted octanol–water partition coefficient (Wildman–Crippen LogP) is 4.68. The van der Waals surface area contributed by atoms with Crippen LogP contribution in [0.3, 0.4) is 0 Å². The van der Waals surface area contributed by atoms with Gasteiger partial charge in [-0.3, -0.25) is 0 Å². The monoisotopic (exact) mass is 360 g/mol. The number of ether oxygens (including phenoxy) is 4. The molecule has 0 aromatic heterocycles. The Balaban J connectivity index is 1.40. The van der Waals surface area contributed by atoms with Gasteiger partial charge in [0, 0.05) is 10.6 Å². The van der Waals surface area contributed by atoms with Gasteiger partial charge in [-0.05, 0) is 42.7 Å². The predicted molar refractivity (Wildman–Crippen MR) is 94.9 cm³/mol. The molecule has 0 radical (unpaired) electrons. The fourth-order valence-corrected chi connectivity index (χ4v) is 3.54. The van der Waals surface area contributed by atoms with Crippen LogP contribution < -0.4 is 4.74 Å². The smallest absolute Gasteiger partial charge is 0.184 e. The molecule has 4 atom stereocenters. The number of halogens is 1.